The number of benzene rings is 1. The van der Waals surface area contributed by atoms with Crippen LogP contribution in [0.2, 0.25) is 5.02 Å². The highest BCUT2D eigenvalue weighted by atomic mass is 35.5. The number of anilines is 1. The molecule has 1 unspecified atom stereocenters. The van der Waals surface area contributed by atoms with Crippen molar-refractivity contribution in [1.29, 1.82) is 0 Å². The first-order valence-electron chi connectivity index (χ1n) is 8.15. The molecule has 0 amide bonds. The molecule has 1 fully saturated rings. The van der Waals surface area contributed by atoms with E-state index in [2.05, 4.69) is 15.2 Å². The second kappa shape index (κ2) is 6.50. The Morgan fingerprint density at radius 2 is 2.04 bits per heavy atom. The molecule has 4 rings (SSSR count). The summed E-state index contributed by atoms with van der Waals surface area (Å²) in [5, 5.41) is 3.76. The van der Waals surface area contributed by atoms with Crippen molar-refractivity contribution in [2.45, 2.75) is 13.1 Å². The molecule has 3 heterocycles. The summed E-state index contributed by atoms with van der Waals surface area (Å²) in [4.78, 5) is 24.0. The number of aromatic nitrogens is 2. The maximum atomic E-state index is 12.6. The first-order chi connectivity index (χ1) is 12.1. The minimum Gasteiger partial charge on any atom is -0.378 e. The van der Waals surface area contributed by atoms with Crippen molar-refractivity contribution in [3.05, 3.63) is 57.0 Å². The Kier molecular flexibility index (Phi) is 4.19. The van der Waals surface area contributed by atoms with Crippen LogP contribution in [0.3, 0.4) is 0 Å². The minimum absolute atomic E-state index is 0.162. The molecule has 25 heavy (non-hydrogen) atoms. The lowest BCUT2D eigenvalue weighted by atomic mass is 10.1. The molecule has 130 valence electrons. The van der Waals surface area contributed by atoms with Crippen molar-refractivity contribution in [3.63, 3.8) is 0 Å². The molecule has 0 bridgehead atoms. The fourth-order valence-corrected chi connectivity index (χ4v) is 3.30. The molecule has 2 aromatic rings. The van der Waals surface area contributed by atoms with Gasteiger partial charge in [-0.2, -0.15) is 0 Å². The van der Waals surface area contributed by atoms with Crippen LogP contribution in [-0.4, -0.2) is 46.7 Å². The van der Waals surface area contributed by atoms with E-state index in [9.17, 15) is 4.79 Å². The van der Waals surface area contributed by atoms with Crippen LogP contribution in [0.4, 0.5) is 5.95 Å². The maximum absolute atomic E-state index is 12.6. The van der Waals surface area contributed by atoms with Gasteiger partial charge in [-0.25, -0.2) is 9.98 Å². The predicted molar refractivity (Wildman–Crippen MR) is 96.3 cm³/mol. The first kappa shape index (κ1) is 16.1. The van der Waals surface area contributed by atoms with Crippen LogP contribution in [0.5, 0.6) is 0 Å². The van der Waals surface area contributed by atoms with Gasteiger partial charge < -0.3 is 9.64 Å². The Labute approximate surface area is 149 Å². The molecule has 1 saturated heterocycles. The molecule has 2 aliphatic heterocycles. The van der Waals surface area contributed by atoms with Crippen LogP contribution in [0, 0.1) is 6.92 Å². The molecule has 1 aromatic heterocycles. The number of hydrogen-bond acceptors (Lipinski definition) is 6. The zero-order valence-electron chi connectivity index (χ0n) is 13.8. The number of ether oxygens (including phenoxy) is 1. The zero-order valence-corrected chi connectivity index (χ0v) is 14.5. The summed E-state index contributed by atoms with van der Waals surface area (Å²) in [6, 6.07) is 8.93. The van der Waals surface area contributed by atoms with E-state index in [1.807, 2.05) is 18.2 Å². The number of fused-ring (bicyclic) bond motifs is 1. The molecule has 1 N–H and O–H groups in total. The number of guanidine groups is 1. The van der Waals surface area contributed by atoms with Gasteiger partial charge in [0.05, 0.1) is 13.2 Å². The Morgan fingerprint density at radius 3 is 2.80 bits per heavy atom. The Bertz CT molecular complexity index is 889. The highest BCUT2D eigenvalue weighted by Gasteiger charge is 2.29. The molecule has 0 radical (unpaired) electrons. The van der Waals surface area contributed by atoms with Gasteiger partial charge in [-0.1, -0.05) is 29.8 Å². The van der Waals surface area contributed by atoms with Gasteiger partial charge in [-0.15, -0.1) is 0 Å². The molecule has 2 aliphatic rings. The van der Waals surface area contributed by atoms with Crippen LogP contribution in [-0.2, 0) is 4.74 Å². The lowest BCUT2D eigenvalue weighted by molar-refractivity contribution is 0.0675. The Balaban J connectivity index is 1.85. The van der Waals surface area contributed by atoms with E-state index in [4.69, 9.17) is 21.3 Å². The number of nitrogens with one attached hydrogen (secondary N) is 1. The molecule has 1 aromatic carbocycles. The van der Waals surface area contributed by atoms with Crippen molar-refractivity contribution in [2.75, 3.05) is 31.6 Å². The van der Waals surface area contributed by atoms with Crippen LogP contribution < -0.4 is 10.9 Å². The predicted octanol–water partition coefficient (Wildman–Crippen LogP) is 1.87. The van der Waals surface area contributed by atoms with E-state index in [-0.39, 0.29) is 5.56 Å². The molecule has 0 aliphatic carbocycles. The molecule has 7 nitrogen and oxygen atoms in total. The fourth-order valence-electron chi connectivity index (χ4n) is 3.07. The molecule has 0 saturated carbocycles. The number of halogens is 1. The van der Waals surface area contributed by atoms with Gasteiger partial charge in [0, 0.05) is 35.4 Å². The molecule has 1 atom stereocenters. The van der Waals surface area contributed by atoms with Crippen LogP contribution in [0.15, 0.2) is 40.1 Å². The van der Waals surface area contributed by atoms with Gasteiger partial charge in [-0.05, 0) is 13.0 Å². The van der Waals surface area contributed by atoms with Crippen molar-refractivity contribution in [2.24, 2.45) is 4.99 Å². The van der Waals surface area contributed by atoms with E-state index in [0.717, 1.165) is 18.7 Å². The number of aliphatic imine (C=N–C) groups is 1. The summed E-state index contributed by atoms with van der Waals surface area (Å²) >= 11 is 6.38. The third-order valence-corrected chi connectivity index (χ3v) is 4.63. The summed E-state index contributed by atoms with van der Waals surface area (Å²) in [6.07, 6.45) is -0.552. The normalized spacial score (nSPS) is 19.8. The molecular weight excluding hydrogens is 342 g/mol. The lowest BCUT2D eigenvalue weighted by Gasteiger charge is -2.34. The van der Waals surface area contributed by atoms with Crippen LogP contribution in [0.25, 0.3) is 0 Å². The third-order valence-electron chi connectivity index (χ3n) is 4.29. The third kappa shape index (κ3) is 3.01. The summed E-state index contributed by atoms with van der Waals surface area (Å²) in [6.45, 7) is 4.56. The van der Waals surface area contributed by atoms with Gasteiger partial charge in [0.15, 0.2) is 6.17 Å². The number of rotatable bonds is 1. The fraction of sp³-hybridized carbons (Fsp3) is 0.353. The average molecular weight is 360 g/mol. The average Bonchev–Trinajstić information content (AvgIpc) is 2.61. The molecule has 0 spiro atoms. The maximum Gasteiger partial charge on any atom is 0.257 e. The van der Waals surface area contributed by atoms with Crippen LogP contribution >= 0.6 is 11.6 Å². The van der Waals surface area contributed by atoms with Gasteiger partial charge >= 0.3 is 0 Å². The standard InChI is InChI=1S/C17H18ClN5O2/c1-11-10-14(24)23-15(12-4-2-3-5-13(12)18)20-16(21-17(23)19-11)22-6-8-25-9-7-22/h2-5,10,15H,6-9H2,1H3,(H,19,20,21). The number of hydrogen-bond donors (Lipinski definition) is 1. The number of morpholine rings is 1. The van der Waals surface area contributed by atoms with Crippen molar-refractivity contribution in [1.82, 2.24) is 14.5 Å². The van der Waals surface area contributed by atoms with Gasteiger partial charge in [-0.3, -0.25) is 14.7 Å². The Hall–Kier alpha value is -2.38. The summed E-state index contributed by atoms with van der Waals surface area (Å²) < 4.78 is 6.95. The highest BCUT2D eigenvalue weighted by molar-refractivity contribution is 6.31. The second-order valence-electron chi connectivity index (χ2n) is 6.00. The van der Waals surface area contributed by atoms with E-state index < -0.39 is 6.17 Å². The molecular formula is C17H18ClN5O2. The van der Waals surface area contributed by atoms with Crippen LogP contribution in [0.1, 0.15) is 17.4 Å². The van der Waals surface area contributed by atoms with E-state index in [0.29, 0.717) is 35.8 Å². The first-order valence-corrected chi connectivity index (χ1v) is 8.53. The lowest BCUT2D eigenvalue weighted by Crippen LogP contribution is -2.47. The Morgan fingerprint density at radius 1 is 1.28 bits per heavy atom. The van der Waals surface area contributed by atoms with Gasteiger partial charge in [0.2, 0.25) is 11.9 Å². The zero-order chi connectivity index (χ0) is 17.4. The second-order valence-corrected chi connectivity index (χ2v) is 6.41. The van der Waals surface area contributed by atoms with Crippen molar-refractivity contribution >= 4 is 23.5 Å². The SMILES string of the molecule is Cc1cc(=O)n2c(n1)NC(N1CCOCC1)=NC2c1ccccc1Cl. The molecule has 8 heteroatoms. The summed E-state index contributed by atoms with van der Waals surface area (Å²) in [5.41, 5.74) is 1.26. The quantitative estimate of drug-likeness (QED) is 0.841. The van der Waals surface area contributed by atoms with Gasteiger partial charge in [0.1, 0.15) is 0 Å². The number of aryl methyl sites for hydroxylation is 1. The summed E-state index contributed by atoms with van der Waals surface area (Å²) in [5.74, 6) is 1.16. The van der Waals surface area contributed by atoms with E-state index in [1.165, 1.54) is 10.6 Å². The topological polar surface area (TPSA) is 71.8 Å². The minimum atomic E-state index is -0.552. The van der Waals surface area contributed by atoms with E-state index in [1.54, 1.807) is 13.0 Å². The smallest absolute Gasteiger partial charge is 0.257 e. The van der Waals surface area contributed by atoms with Crippen molar-refractivity contribution in [3.8, 4) is 0 Å². The van der Waals surface area contributed by atoms with Gasteiger partial charge in [0.25, 0.3) is 5.56 Å². The number of nitrogens with zero attached hydrogens (tertiary/aromatic N) is 4. The largest absolute Gasteiger partial charge is 0.378 e. The highest BCUT2D eigenvalue weighted by Crippen LogP contribution is 2.30. The monoisotopic (exact) mass is 359 g/mol. The van der Waals surface area contributed by atoms with E-state index >= 15 is 0 Å². The summed E-state index contributed by atoms with van der Waals surface area (Å²) in [7, 11) is 0. The van der Waals surface area contributed by atoms with Crippen molar-refractivity contribution < 1.29 is 4.74 Å².